The fourth-order valence-electron chi connectivity index (χ4n) is 2.23. The molecule has 0 bridgehead atoms. The molecular formula is C16H27ClN2O. The van der Waals surface area contributed by atoms with Gasteiger partial charge < -0.3 is 15.3 Å². The monoisotopic (exact) mass is 298 g/mol. The smallest absolute Gasteiger partial charge is 0.0765 e. The van der Waals surface area contributed by atoms with E-state index in [-0.39, 0.29) is 0 Å². The van der Waals surface area contributed by atoms with E-state index in [2.05, 4.69) is 24.1 Å². The van der Waals surface area contributed by atoms with E-state index >= 15 is 0 Å². The first-order chi connectivity index (χ1) is 9.19. The average molecular weight is 299 g/mol. The summed E-state index contributed by atoms with van der Waals surface area (Å²) in [7, 11) is 1.99. The molecule has 1 aromatic carbocycles. The van der Waals surface area contributed by atoms with Gasteiger partial charge in [0.1, 0.15) is 0 Å². The Balaban J connectivity index is 2.83. The summed E-state index contributed by atoms with van der Waals surface area (Å²) in [6, 6.07) is 5.90. The number of nitrogens with one attached hydrogen (secondary N) is 1. The Morgan fingerprint density at radius 1 is 1.35 bits per heavy atom. The minimum atomic E-state index is -0.725. The summed E-state index contributed by atoms with van der Waals surface area (Å²) in [6.07, 6.45) is 0. The molecule has 4 heteroatoms. The van der Waals surface area contributed by atoms with Crippen LogP contribution < -0.4 is 10.2 Å². The number of nitrogens with zero attached hydrogens (tertiary/aromatic N) is 1. The molecule has 3 nitrogen and oxygen atoms in total. The minimum Gasteiger partial charge on any atom is -0.389 e. The molecule has 1 rings (SSSR count). The van der Waals surface area contributed by atoms with E-state index in [1.54, 1.807) is 0 Å². The van der Waals surface area contributed by atoms with Crippen molar-refractivity contribution < 1.29 is 5.11 Å². The molecule has 0 radical (unpaired) electrons. The summed E-state index contributed by atoms with van der Waals surface area (Å²) >= 11 is 6.10. The maximum Gasteiger partial charge on any atom is 0.0765 e. The van der Waals surface area contributed by atoms with Crippen LogP contribution in [0.25, 0.3) is 0 Å². The zero-order valence-corrected chi connectivity index (χ0v) is 14.0. The van der Waals surface area contributed by atoms with Crippen molar-refractivity contribution >= 4 is 17.3 Å². The second kappa shape index (κ2) is 7.30. The molecule has 0 aliphatic heterocycles. The van der Waals surface area contributed by atoms with Crippen molar-refractivity contribution in [2.45, 2.75) is 39.8 Å². The fraction of sp³-hybridized carbons (Fsp3) is 0.625. The van der Waals surface area contributed by atoms with Crippen LogP contribution in [0.15, 0.2) is 18.2 Å². The highest BCUT2D eigenvalue weighted by Gasteiger charge is 2.17. The highest BCUT2D eigenvalue weighted by atomic mass is 35.5. The Kier molecular flexibility index (Phi) is 6.31. The number of anilines is 1. The molecule has 0 saturated heterocycles. The molecule has 20 heavy (non-hydrogen) atoms. The van der Waals surface area contributed by atoms with Crippen LogP contribution in [-0.4, -0.2) is 30.8 Å². The lowest BCUT2D eigenvalue weighted by molar-refractivity contribution is 0.0886. The molecule has 0 aliphatic rings. The third-order valence-electron chi connectivity index (χ3n) is 2.94. The largest absolute Gasteiger partial charge is 0.389 e. The number of halogens is 1. The summed E-state index contributed by atoms with van der Waals surface area (Å²) in [4.78, 5) is 2.07. The van der Waals surface area contributed by atoms with Gasteiger partial charge in [0.25, 0.3) is 0 Å². The lowest BCUT2D eigenvalue weighted by Crippen LogP contribution is -2.37. The van der Waals surface area contributed by atoms with E-state index in [9.17, 15) is 5.11 Å². The van der Waals surface area contributed by atoms with Crippen LogP contribution in [0.5, 0.6) is 0 Å². The first-order valence-corrected chi connectivity index (χ1v) is 7.49. The van der Waals surface area contributed by atoms with Gasteiger partial charge in [-0.2, -0.15) is 0 Å². The molecule has 0 fully saturated rings. The van der Waals surface area contributed by atoms with Gasteiger partial charge in [-0.05, 0) is 50.1 Å². The van der Waals surface area contributed by atoms with Gasteiger partial charge in [0.15, 0.2) is 0 Å². The van der Waals surface area contributed by atoms with Crippen LogP contribution in [0.4, 0.5) is 5.69 Å². The van der Waals surface area contributed by atoms with Crippen molar-refractivity contribution in [3.05, 3.63) is 28.8 Å². The zero-order valence-electron chi connectivity index (χ0n) is 13.2. The number of likely N-dealkylation sites (N-methyl/N-ethyl adjacent to an activating group) is 1. The second-order valence-electron chi connectivity index (χ2n) is 6.47. The second-order valence-corrected chi connectivity index (χ2v) is 6.90. The third kappa shape index (κ3) is 6.12. The van der Waals surface area contributed by atoms with Gasteiger partial charge in [-0.1, -0.05) is 25.4 Å². The summed E-state index contributed by atoms with van der Waals surface area (Å²) in [5.74, 6) is 0.617. The van der Waals surface area contributed by atoms with Crippen molar-refractivity contribution in [1.29, 1.82) is 0 Å². The Labute approximate surface area is 127 Å². The first-order valence-electron chi connectivity index (χ1n) is 7.11. The fourth-order valence-corrected chi connectivity index (χ4v) is 2.42. The quantitative estimate of drug-likeness (QED) is 0.811. The SMILES string of the molecule is CC(C)CNCc1cc(Cl)ccc1N(C)CC(C)(C)O. The summed E-state index contributed by atoms with van der Waals surface area (Å²) < 4.78 is 0. The molecule has 0 aliphatic carbocycles. The van der Waals surface area contributed by atoms with Crippen LogP contribution in [-0.2, 0) is 6.54 Å². The summed E-state index contributed by atoms with van der Waals surface area (Å²) in [6.45, 7) is 10.3. The number of aliphatic hydroxyl groups is 1. The van der Waals surface area contributed by atoms with Gasteiger partial charge in [0.2, 0.25) is 0 Å². The molecule has 0 atom stereocenters. The van der Waals surface area contributed by atoms with E-state index in [4.69, 9.17) is 11.6 Å². The Hall–Kier alpha value is -0.770. The molecule has 1 aromatic rings. The van der Waals surface area contributed by atoms with Crippen LogP contribution in [0.3, 0.4) is 0 Å². The molecule has 0 heterocycles. The van der Waals surface area contributed by atoms with Gasteiger partial charge in [0, 0.05) is 30.8 Å². The highest BCUT2D eigenvalue weighted by molar-refractivity contribution is 6.30. The molecule has 0 amide bonds. The Morgan fingerprint density at radius 2 is 2.00 bits per heavy atom. The Bertz CT molecular complexity index is 427. The summed E-state index contributed by atoms with van der Waals surface area (Å²) in [5.41, 5.74) is 1.54. The maximum absolute atomic E-state index is 9.96. The van der Waals surface area contributed by atoms with Crippen molar-refractivity contribution in [2.24, 2.45) is 5.92 Å². The maximum atomic E-state index is 9.96. The molecule has 0 unspecified atom stereocenters. The number of rotatable bonds is 7. The predicted octanol–water partition coefficient (Wildman–Crippen LogP) is 3.29. The number of benzene rings is 1. The molecule has 0 aromatic heterocycles. The van der Waals surface area contributed by atoms with E-state index in [0.29, 0.717) is 12.5 Å². The van der Waals surface area contributed by atoms with Crippen LogP contribution >= 0.6 is 11.6 Å². The van der Waals surface area contributed by atoms with Gasteiger partial charge in [-0.25, -0.2) is 0 Å². The predicted molar refractivity (Wildman–Crippen MR) is 87.6 cm³/mol. The first kappa shape index (κ1) is 17.3. The van der Waals surface area contributed by atoms with Crippen molar-refractivity contribution in [2.75, 3.05) is 25.0 Å². The van der Waals surface area contributed by atoms with Crippen LogP contribution in [0.2, 0.25) is 5.02 Å². The van der Waals surface area contributed by atoms with E-state index in [1.165, 1.54) is 0 Å². The standard InChI is InChI=1S/C16H27ClN2O/c1-12(2)9-18-10-13-8-14(17)6-7-15(13)19(5)11-16(3,4)20/h6-8,12,18,20H,9-11H2,1-5H3. The van der Waals surface area contributed by atoms with Crippen LogP contribution in [0.1, 0.15) is 33.3 Å². The number of hydrogen-bond donors (Lipinski definition) is 2. The third-order valence-corrected chi connectivity index (χ3v) is 3.18. The number of hydrogen-bond acceptors (Lipinski definition) is 3. The van der Waals surface area contributed by atoms with E-state index < -0.39 is 5.60 Å². The molecule has 114 valence electrons. The summed E-state index contributed by atoms with van der Waals surface area (Å²) in [5, 5.41) is 14.1. The van der Waals surface area contributed by atoms with Gasteiger partial charge in [0.05, 0.1) is 5.60 Å². The van der Waals surface area contributed by atoms with Gasteiger partial charge in [-0.3, -0.25) is 0 Å². The lowest BCUT2D eigenvalue weighted by atomic mass is 10.1. The highest BCUT2D eigenvalue weighted by Crippen LogP contribution is 2.24. The van der Waals surface area contributed by atoms with E-state index in [1.807, 2.05) is 39.1 Å². The normalized spacial score (nSPS) is 12.0. The van der Waals surface area contributed by atoms with Crippen LogP contribution in [0, 0.1) is 5.92 Å². The topological polar surface area (TPSA) is 35.5 Å². The molecule has 0 saturated carbocycles. The molecule has 0 spiro atoms. The molecular weight excluding hydrogens is 272 g/mol. The minimum absolute atomic E-state index is 0.575. The Morgan fingerprint density at radius 3 is 2.55 bits per heavy atom. The van der Waals surface area contributed by atoms with Crippen molar-refractivity contribution in [1.82, 2.24) is 5.32 Å². The molecule has 2 N–H and O–H groups in total. The van der Waals surface area contributed by atoms with Gasteiger partial charge >= 0.3 is 0 Å². The average Bonchev–Trinajstić information content (AvgIpc) is 2.25. The van der Waals surface area contributed by atoms with Crippen molar-refractivity contribution in [3.63, 3.8) is 0 Å². The van der Waals surface area contributed by atoms with Crippen molar-refractivity contribution in [3.8, 4) is 0 Å². The zero-order chi connectivity index (χ0) is 15.3. The van der Waals surface area contributed by atoms with E-state index in [0.717, 1.165) is 29.4 Å². The van der Waals surface area contributed by atoms with Gasteiger partial charge in [-0.15, -0.1) is 0 Å². The lowest BCUT2D eigenvalue weighted by Gasteiger charge is -2.29.